The Bertz CT molecular complexity index is 1450. The Morgan fingerprint density at radius 2 is 1.31 bits per heavy atom. The van der Waals surface area contributed by atoms with Gasteiger partial charge in [0.1, 0.15) is 17.3 Å². The van der Waals surface area contributed by atoms with Crippen LogP contribution < -0.4 is 9.47 Å². The van der Waals surface area contributed by atoms with Gasteiger partial charge in [-0.3, -0.25) is 4.79 Å². The minimum absolute atomic E-state index is 0.00745. The highest BCUT2D eigenvalue weighted by molar-refractivity contribution is 5.92. The minimum Gasteiger partial charge on any atom is -0.449 e. The molecular formula is C37H42F4O7. The quantitative estimate of drug-likeness (QED) is 0.0542. The van der Waals surface area contributed by atoms with Gasteiger partial charge in [0.2, 0.25) is 0 Å². The molecule has 1 atom stereocenters. The Labute approximate surface area is 278 Å². The zero-order valence-corrected chi connectivity index (χ0v) is 27.3. The maximum atomic E-state index is 14.7. The molecule has 11 heteroatoms. The fourth-order valence-electron chi connectivity index (χ4n) is 4.81. The number of carbonyl (C=O) groups excluding carboxylic acids is 3. The highest BCUT2D eigenvalue weighted by Gasteiger charge is 2.42. The number of hydrogen-bond donors (Lipinski definition) is 0. The standard InChI is InChI=1S/C37H42F4O7/c1-3-5-6-7-8-9-10-13-34(42)46-29-20-18-27(19-21-29)26-14-16-28(17-15-26)35(43)47-30-22-23-31(32(38)25-30)36(44)48-33(37(39,40)41)12-11-24-45-4-2/h14-23,25,33H,3-13,24H2,1-2H3/t33-/m1/s1. The van der Waals surface area contributed by atoms with E-state index in [-0.39, 0.29) is 30.3 Å². The van der Waals surface area contributed by atoms with Gasteiger partial charge in [0.05, 0.1) is 11.1 Å². The van der Waals surface area contributed by atoms with E-state index in [2.05, 4.69) is 11.7 Å². The molecule has 3 aromatic rings. The summed E-state index contributed by atoms with van der Waals surface area (Å²) in [7, 11) is 0. The number of carbonyl (C=O) groups is 3. The molecule has 0 heterocycles. The van der Waals surface area contributed by atoms with Gasteiger partial charge < -0.3 is 18.9 Å². The maximum absolute atomic E-state index is 14.7. The molecule has 3 aromatic carbocycles. The van der Waals surface area contributed by atoms with Crippen LogP contribution in [0.15, 0.2) is 66.7 Å². The first kappa shape index (κ1) is 38.2. The highest BCUT2D eigenvalue weighted by atomic mass is 19.4. The van der Waals surface area contributed by atoms with Crippen LogP contribution in [0, 0.1) is 5.82 Å². The number of esters is 3. The van der Waals surface area contributed by atoms with E-state index in [9.17, 15) is 31.9 Å². The first-order valence-electron chi connectivity index (χ1n) is 16.3. The number of halogens is 4. The largest absolute Gasteiger partial charge is 0.449 e. The van der Waals surface area contributed by atoms with E-state index in [0.29, 0.717) is 18.8 Å². The molecule has 260 valence electrons. The lowest BCUT2D eigenvalue weighted by atomic mass is 10.0. The highest BCUT2D eigenvalue weighted by Crippen LogP contribution is 2.29. The van der Waals surface area contributed by atoms with Crippen molar-refractivity contribution >= 4 is 17.9 Å². The van der Waals surface area contributed by atoms with Crippen molar-refractivity contribution in [1.82, 2.24) is 0 Å². The lowest BCUT2D eigenvalue weighted by Crippen LogP contribution is -2.34. The number of unbranched alkanes of at least 4 members (excludes halogenated alkanes) is 6. The molecule has 7 nitrogen and oxygen atoms in total. The van der Waals surface area contributed by atoms with Crippen molar-refractivity contribution in [3.8, 4) is 22.6 Å². The molecule has 0 radical (unpaired) electrons. The van der Waals surface area contributed by atoms with Gasteiger partial charge in [0.15, 0.2) is 6.10 Å². The third-order valence-corrected chi connectivity index (χ3v) is 7.47. The van der Waals surface area contributed by atoms with Crippen molar-refractivity contribution in [2.75, 3.05) is 13.2 Å². The van der Waals surface area contributed by atoms with E-state index in [0.717, 1.165) is 48.6 Å². The van der Waals surface area contributed by atoms with Gasteiger partial charge in [-0.1, -0.05) is 69.7 Å². The number of rotatable bonds is 19. The summed E-state index contributed by atoms with van der Waals surface area (Å²) in [5.41, 5.74) is 1.01. The molecule has 0 aliphatic rings. The topological polar surface area (TPSA) is 88.1 Å². The average molecular weight is 675 g/mol. The van der Waals surface area contributed by atoms with Gasteiger partial charge >= 0.3 is 24.1 Å². The van der Waals surface area contributed by atoms with E-state index in [4.69, 9.17) is 14.2 Å². The molecule has 0 aromatic heterocycles. The molecule has 0 saturated carbocycles. The van der Waals surface area contributed by atoms with Gasteiger partial charge in [-0.15, -0.1) is 0 Å². The van der Waals surface area contributed by atoms with E-state index >= 15 is 0 Å². The van der Waals surface area contributed by atoms with Crippen molar-refractivity contribution < 1.29 is 50.9 Å². The second-order valence-corrected chi connectivity index (χ2v) is 11.3. The molecule has 0 N–H and O–H groups in total. The van der Waals surface area contributed by atoms with Crippen LogP contribution in [-0.4, -0.2) is 43.4 Å². The van der Waals surface area contributed by atoms with Crippen LogP contribution >= 0.6 is 0 Å². The van der Waals surface area contributed by atoms with Crippen molar-refractivity contribution in [1.29, 1.82) is 0 Å². The fourth-order valence-corrected chi connectivity index (χ4v) is 4.81. The van der Waals surface area contributed by atoms with Crippen LogP contribution in [-0.2, 0) is 14.3 Å². The molecule has 48 heavy (non-hydrogen) atoms. The predicted molar refractivity (Wildman–Crippen MR) is 172 cm³/mol. The third kappa shape index (κ3) is 12.7. The molecule has 0 amide bonds. The summed E-state index contributed by atoms with van der Waals surface area (Å²) in [6, 6.07) is 16.1. The molecule has 0 bridgehead atoms. The predicted octanol–water partition coefficient (Wildman–Crippen LogP) is 9.66. The van der Waals surface area contributed by atoms with Crippen LogP contribution in [0.1, 0.15) is 98.8 Å². The molecule has 3 rings (SSSR count). The molecule has 0 aliphatic carbocycles. The number of hydrogen-bond acceptors (Lipinski definition) is 7. The van der Waals surface area contributed by atoms with Crippen LogP contribution in [0.2, 0.25) is 0 Å². The van der Waals surface area contributed by atoms with E-state index < -0.39 is 42.0 Å². The molecule has 0 unspecified atom stereocenters. The van der Waals surface area contributed by atoms with E-state index in [1.165, 1.54) is 37.8 Å². The van der Waals surface area contributed by atoms with Crippen LogP contribution in [0.3, 0.4) is 0 Å². The Kier molecular flexibility index (Phi) is 15.6. The molecule has 0 fully saturated rings. The number of alkyl halides is 3. The summed E-state index contributed by atoms with van der Waals surface area (Å²) in [6.45, 7) is 4.27. The number of benzene rings is 3. The third-order valence-electron chi connectivity index (χ3n) is 7.47. The summed E-state index contributed by atoms with van der Waals surface area (Å²) >= 11 is 0. The molecule has 0 saturated heterocycles. The Morgan fingerprint density at radius 3 is 1.92 bits per heavy atom. The van der Waals surface area contributed by atoms with Gasteiger partial charge in [-0.25, -0.2) is 14.0 Å². The summed E-state index contributed by atoms with van der Waals surface area (Å²) < 4.78 is 75.0. The zero-order valence-electron chi connectivity index (χ0n) is 27.3. The average Bonchev–Trinajstić information content (AvgIpc) is 3.05. The zero-order chi connectivity index (χ0) is 34.9. The van der Waals surface area contributed by atoms with E-state index in [1.807, 2.05) is 0 Å². The van der Waals surface area contributed by atoms with Gasteiger partial charge in [0, 0.05) is 25.7 Å². The molecule has 0 aliphatic heterocycles. The lowest BCUT2D eigenvalue weighted by molar-refractivity contribution is -0.206. The SMILES string of the molecule is CCCCCCCCCC(=O)Oc1ccc(-c2ccc(C(=O)Oc3ccc(C(=O)O[C@H](CCCOCC)C(F)(F)F)c(F)c3)cc2)cc1. The monoisotopic (exact) mass is 674 g/mol. The summed E-state index contributed by atoms with van der Waals surface area (Å²) in [6.07, 6.45) is 0.358. The molecular weight excluding hydrogens is 632 g/mol. The van der Waals surface area contributed by atoms with Crippen LogP contribution in [0.5, 0.6) is 11.5 Å². The molecule has 0 spiro atoms. The van der Waals surface area contributed by atoms with Gasteiger partial charge in [-0.05, 0) is 73.7 Å². The van der Waals surface area contributed by atoms with Crippen molar-refractivity contribution in [2.24, 2.45) is 0 Å². The van der Waals surface area contributed by atoms with Crippen molar-refractivity contribution in [3.05, 3.63) is 83.7 Å². The summed E-state index contributed by atoms with van der Waals surface area (Å²) in [4.78, 5) is 37.2. The first-order valence-corrected chi connectivity index (χ1v) is 16.3. The van der Waals surface area contributed by atoms with Gasteiger partial charge in [0.25, 0.3) is 0 Å². The minimum atomic E-state index is -4.84. The lowest BCUT2D eigenvalue weighted by Gasteiger charge is -2.21. The Balaban J connectivity index is 1.51. The summed E-state index contributed by atoms with van der Waals surface area (Å²) in [5, 5.41) is 0. The summed E-state index contributed by atoms with van der Waals surface area (Å²) in [5.74, 6) is -3.59. The van der Waals surface area contributed by atoms with E-state index in [1.54, 1.807) is 43.3 Å². The van der Waals surface area contributed by atoms with Gasteiger partial charge in [-0.2, -0.15) is 13.2 Å². The smallest absolute Gasteiger partial charge is 0.425 e. The normalized spacial score (nSPS) is 12.0. The Morgan fingerprint density at radius 1 is 0.708 bits per heavy atom. The van der Waals surface area contributed by atoms with Crippen LogP contribution in [0.25, 0.3) is 11.1 Å². The fraction of sp³-hybridized carbons (Fsp3) is 0.432. The Hall–Kier alpha value is -4.25. The number of ether oxygens (including phenoxy) is 4. The van der Waals surface area contributed by atoms with Crippen molar-refractivity contribution in [2.45, 2.75) is 90.3 Å². The second-order valence-electron chi connectivity index (χ2n) is 11.3. The maximum Gasteiger partial charge on any atom is 0.425 e. The van der Waals surface area contributed by atoms with Crippen molar-refractivity contribution in [3.63, 3.8) is 0 Å². The first-order chi connectivity index (χ1) is 23.0. The second kappa shape index (κ2) is 19.5. The van der Waals surface area contributed by atoms with Crippen LogP contribution in [0.4, 0.5) is 17.6 Å².